The van der Waals surface area contributed by atoms with Crippen molar-refractivity contribution in [2.75, 3.05) is 18.2 Å². The number of anilines is 1. The van der Waals surface area contributed by atoms with E-state index in [1.165, 1.54) is 28.6 Å². The van der Waals surface area contributed by atoms with Crippen LogP contribution in [-0.2, 0) is 17.6 Å². The zero-order valence-electron chi connectivity index (χ0n) is 19.2. The smallest absolute Gasteiger partial charge is 0.234 e. The quantitative estimate of drug-likeness (QED) is 0.393. The average molecular weight is 482 g/mol. The van der Waals surface area contributed by atoms with E-state index in [1.54, 1.807) is 24.8 Å². The number of nitrogens with zero attached hydrogens (tertiary/aromatic N) is 4. The number of amides is 1. The fourth-order valence-corrected chi connectivity index (χ4v) is 6.36. The highest BCUT2D eigenvalue weighted by molar-refractivity contribution is 7.99. The monoisotopic (exact) mass is 481 g/mol. The van der Waals surface area contributed by atoms with Gasteiger partial charge in [0.05, 0.1) is 18.2 Å². The van der Waals surface area contributed by atoms with Crippen molar-refractivity contribution in [3.63, 3.8) is 0 Å². The lowest BCUT2D eigenvalue weighted by Crippen LogP contribution is -2.26. The molecule has 3 aromatic heterocycles. The Labute approximate surface area is 201 Å². The molecule has 0 radical (unpaired) electrons. The Morgan fingerprint density at radius 1 is 1.27 bits per heavy atom. The molecule has 0 fully saturated rings. The second kappa shape index (κ2) is 8.61. The van der Waals surface area contributed by atoms with Gasteiger partial charge in [0.1, 0.15) is 16.9 Å². The summed E-state index contributed by atoms with van der Waals surface area (Å²) in [5.41, 5.74) is 3.26. The van der Waals surface area contributed by atoms with Crippen LogP contribution in [0.5, 0.6) is 5.75 Å². The summed E-state index contributed by atoms with van der Waals surface area (Å²) in [7, 11) is 1.62. The summed E-state index contributed by atoms with van der Waals surface area (Å²) in [5, 5.41) is 13.6. The number of hydrogen-bond acceptors (Lipinski definition) is 7. The number of ether oxygens (including phenoxy) is 1. The van der Waals surface area contributed by atoms with Gasteiger partial charge in [-0.25, -0.2) is 4.98 Å². The first-order chi connectivity index (χ1) is 15.8. The van der Waals surface area contributed by atoms with Crippen LogP contribution in [0.2, 0.25) is 0 Å². The van der Waals surface area contributed by atoms with Crippen molar-refractivity contribution in [1.82, 2.24) is 19.6 Å². The van der Waals surface area contributed by atoms with E-state index in [9.17, 15) is 4.79 Å². The molecule has 0 aliphatic heterocycles. The fourth-order valence-electron chi connectivity index (χ4n) is 4.39. The first-order valence-corrected chi connectivity index (χ1v) is 12.8. The predicted octanol–water partition coefficient (Wildman–Crippen LogP) is 5.23. The van der Waals surface area contributed by atoms with Crippen LogP contribution < -0.4 is 10.1 Å². The Morgan fingerprint density at radius 2 is 2.06 bits per heavy atom. The van der Waals surface area contributed by atoms with E-state index in [1.807, 2.05) is 28.7 Å². The molecule has 0 bridgehead atoms. The molecule has 0 saturated carbocycles. The zero-order chi connectivity index (χ0) is 23.2. The summed E-state index contributed by atoms with van der Waals surface area (Å²) in [6.45, 7) is 7.00. The van der Waals surface area contributed by atoms with E-state index in [0.29, 0.717) is 16.5 Å². The lowest BCUT2D eigenvalue weighted by molar-refractivity contribution is -0.113. The van der Waals surface area contributed by atoms with Crippen molar-refractivity contribution in [2.24, 2.45) is 11.3 Å². The maximum atomic E-state index is 12.4. The minimum Gasteiger partial charge on any atom is -0.497 e. The molecule has 7 nitrogen and oxygen atoms in total. The maximum absolute atomic E-state index is 12.4. The molecule has 1 amide bonds. The Kier molecular flexibility index (Phi) is 5.78. The van der Waals surface area contributed by atoms with Gasteiger partial charge in [-0.3, -0.25) is 9.20 Å². The van der Waals surface area contributed by atoms with E-state index in [2.05, 4.69) is 36.3 Å². The second-order valence-corrected chi connectivity index (χ2v) is 11.5. The average Bonchev–Trinajstić information content (AvgIpc) is 3.37. The maximum Gasteiger partial charge on any atom is 0.234 e. The number of thioether (sulfide) groups is 1. The van der Waals surface area contributed by atoms with Crippen LogP contribution in [0.4, 0.5) is 5.69 Å². The largest absolute Gasteiger partial charge is 0.497 e. The van der Waals surface area contributed by atoms with E-state index < -0.39 is 0 Å². The van der Waals surface area contributed by atoms with Gasteiger partial charge in [-0.05, 0) is 60.4 Å². The highest BCUT2D eigenvalue weighted by Gasteiger charge is 2.31. The number of methoxy groups -OCH3 is 1. The van der Waals surface area contributed by atoms with E-state index >= 15 is 0 Å². The van der Waals surface area contributed by atoms with Crippen molar-refractivity contribution >= 4 is 50.6 Å². The Balaban J connectivity index is 1.34. The summed E-state index contributed by atoms with van der Waals surface area (Å²) in [6, 6.07) is 7.27. The molecule has 172 valence electrons. The lowest BCUT2D eigenvalue weighted by Gasteiger charge is -2.33. The molecule has 33 heavy (non-hydrogen) atoms. The van der Waals surface area contributed by atoms with Crippen LogP contribution >= 0.6 is 23.1 Å². The number of benzene rings is 1. The predicted molar refractivity (Wildman–Crippen MR) is 133 cm³/mol. The number of thiophene rings is 1. The van der Waals surface area contributed by atoms with Crippen molar-refractivity contribution in [1.29, 1.82) is 0 Å². The van der Waals surface area contributed by atoms with Crippen molar-refractivity contribution in [3.05, 3.63) is 41.0 Å². The second-order valence-electron chi connectivity index (χ2n) is 9.48. The van der Waals surface area contributed by atoms with Crippen molar-refractivity contribution < 1.29 is 9.53 Å². The van der Waals surface area contributed by atoms with Crippen LogP contribution in [0.3, 0.4) is 0 Å². The van der Waals surface area contributed by atoms with Crippen LogP contribution in [0, 0.1) is 11.3 Å². The van der Waals surface area contributed by atoms with Crippen molar-refractivity contribution in [2.45, 2.75) is 45.2 Å². The van der Waals surface area contributed by atoms with Crippen LogP contribution in [0.25, 0.3) is 15.9 Å². The van der Waals surface area contributed by atoms with Crippen LogP contribution in [-0.4, -0.2) is 38.4 Å². The number of fused-ring (bicyclic) bond motifs is 5. The SMILES string of the molecule is COc1ccc(NC(=O)CSc2nnc3c4c5c(sc4ncn23)CC(C(C)(C)C)CC5)cc1. The normalized spacial score (nSPS) is 16.2. The molecule has 1 unspecified atom stereocenters. The molecule has 1 aliphatic carbocycles. The van der Waals surface area contributed by atoms with Gasteiger partial charge in [0, 0.05) is 10.6 Å². The third-order valence-electron chi connectivity index (χ3n) is 6.36. The van der Waals surface area contributed by atoms with E-state index in [4.69, 9.17) is 9.72 Å². The van der Waals surface area contributed by atoms with E-state index in [-0.39, 0.29) is 11.7 Å². The Bertz CT molecular complexity index is 1320. The summed E-state index contributed by atoms with van der Waals surface area (Å²) >= 11 is 3.15. The van der Waals surface area contributed by atoms with Crippen LogP contribution in [0.1, 0.15) is 37.6 Å². The van der Waals surface area contributed by atoms with Crippen LogP contribution in [0.15, 0.2) is 35.7 Å². The summed E-state index contributed by atoms with van der Waals surface area (Å²) < 4.78 is 7.06. The Morgan fingerprint density at radius 3 is 2.79 bits per heavy atom. The van der Waals surface area contributed by atoms with Gasteiger partial charge in [0.25, 0.3) is 0 Å². The number of carbonyl (C=O) groups excluding carboxylic acids is 1. The van der Waals surface area contributed by atoms with Gasteiger partial charge in [-0.15, -0.1) is 21.5 Å². The van der Waals surface area contributed by atoms with Crippen molar-refractivity contribution in [3.8, 4) is 5.75 Å². The minimum atomic E-state index is -0.0999. The molecular weight excluding hydrogens is 454 g/mol. The Hall–Kier alpha value is -2.65. The number of nitrogens with one attached hydrogen (secondary N) is 1. The molecule has 9 heteroatoms. The number of rotatable bonds is 5. The van der Waals surface area contributed by atoms with Gasteiger partial charge in [0.2, 0.25) is 5.91 Å². The van der Waals surface area contributed by atoms with Gasteiger partial charge >= 0.3 is 0 Å². The standard InChI is InChI=1S/C24H27N5O2S2/c1-24(2,3)14-5-10-17-18(11-14)33-22-20(17)21-27-28-23(29(21)13-25-22)32-12-19(30)26-15-6-8-16(31-4)9-7-15/h6-9,13-14H,5,10-12H2,1-4H3,(H,26,30). The van der Waals surface area contributed by atoms with Gasteiger partial charge in [0.15, 0.2) is 10.8 Å². The third-order valence-corrected chi connectivity index (χ3v) is 8.46. The number of aromatic nitrogens is 4. The number of carbonyl (C=O) groups is 1. The summed E-state index contributed by atoms with van der Waals surface area (Å²) in [6.07, 6.45) is 5.13. The molecular formula is C24H27N5O2S2. The van der Waals surface area contributed by atoms with E-state index in [0.717, 1.165) is 40.1 Å². The summed E-state index contributed by atoms with van der Waals surface area (Å²) in [4.78, 5) is 19.6. The number of aryl methyl sites for hydroxylation is 1. The molecule has 1 aliphatic rings. The molecule has 1 atom stereocenters. The molecule has 0 saturated heterocycles. The molecule has 5 rings (SSSR count). The molecule has 3 heterocycles. The third kappa shape index (κ3) is 4.31. The zero-order valence-corrected chi connectivity index (χ0v) is 20.8. The first kappa shape index (κ1) is 22.2. The highest BCUT2D eigenvalue weighted by atomic mass is 32.2. The molecule has 4 aromatic rings. The topological polar surface area (TPSA) is 81.4 Å². The molecule has 0 spiro atoms. The van der Waals surface area contributed by atoms with Gasteiger partial charge < -0.3 is 10.1 Å². The molecule has 1 aromatic carbocycles. The van der Waals surface area contributed by atoms with Gasteiger partial charge in [-0.2, -0.15) is 0 Å². The highest BCUT2D eigenvalue weighted by Crippen LogP contribution is 2.43. The minimum absolute atomic E-state index is 0.0999. The fraction of sp³-hybridized carbons (Fsp3) is 0.417. The summed E-state index contributed by atoms with van der Waals surface area (Å²) in [5.74, 6) is 1.57. The lowest BCUT2D eigenvalue weighted by atomic mass is 9.72. The number of hydrogen-bond donors (Lipinski definition) is 1. The first-order valence-electron chi connectivity index (χ1n) is 11.0. The van der Waals surface area contributed by atoms with Gasteiger partial charge in [-0.1, -0.05) is 32.5 Å². The molecule has 1 N–H and O–H groups in total.